The predicted octanol–water partition coefficient (Wildman–Crippen LogP) is 1.91. The van der Waals surface area contributed by atoms with Crippen molar-refractivity contribution in [3.63, 3.8) is 0 Å². The first kappa shape index (κ1) is 14.2. The molecule has 1 aliphatic heterocycles. The molecule has 20 heavy (non-hydrogen) atoms. The van der Waals surface area contributed by atoms with Crippen LogP contribution in [-0.2, 0) is 6.54 Å². The summed E-state index contributed by atoms with van der Waals surface area (Å²) in [5.74, 6) is 0.790. The lowest BCUT2D eigenvalue weighted by Gasteiger charge is -2.18. The van der Waals surface area contributed by atoms with Gasteiger partial charge in [0.2, 0.25) is 0 Å². The van der Waals surface area contributed by atoms with Gasteiger partial charge in [-0.2, -0.15) is 0 Å². The SMILES string of the molecule is C=CCNC(=NC)NCc1ccc(N2CC=CC2)cc1. The van der Waals surface area contributed by atoms with Crippen LogP contribution in [0.25, 0.3) is 0 Å². The zero-order valence-electron chi connectivity index (χ0n) is 12.0. The summed E-state index contributed by atoms with van der Waals surface area (Å²) in [6.07, 6.45) is 6.21. The standard InChI is InChI=1S/C16H22N4/c1-3-10-18-16(17-2)19-13-14-6-8-15(9-7-14)20-11-4-5-12-20/h3-9H,1,10-13H2,2H3,(H2,17,18,19). The molecule has 0 amide bonds. The van der Waals surface area contributed by atoms with Gasteiger partial charge in [-0.1, -0.05) is 30.4 Å². The molecule has 1 aromatic rings. The van der Waals surface area contributed by atoms with E-state index in [1.54, 1.807) is 7.05 Å². The lowest BCUT2D eigenvalue weighted by Crippen LogP contribution is -2.36. The zero-order chi connectivity index (χ0) is 14.2. The maximum Gasteiger partial charge on any atom is 0.191 e. The molecule has 1 heterocycles. The molecule has 0 atom stereocenters. The number of rotatable bonds is 5. The summed E-state index contributed by atoms with van der Waals surface area (Å²) in [5.41, 5.74) is 2.51. The smallest absolute Gasteiger partial charge is 0.191 e. The zero-order valence-corrected chi connectivity index (χ0v) is 12.0. The van der Waals surface area contributed by atoms with Crippen molar-refractivity contribution in [2.75, 3.05) is 31.6 Å². The Bertz CT molecular complexity index is 480. The molecule has 4 heteroatoms. The molecule has 0 spiro atoms. The first-order valence-corrected chi connectivity index (χ1v) is 6.88. The predicted molar refractivity (Wildman–Crippen MR) is 86.2 cm³/mol. The molecule has 0 unspecified atom stereocenters. The first-order chi connectivity index (χ1) is 9.83. The monoisotopic (exact) mass is 270 g/mol. The summed E-state index contributed by atoms with van der Waals surface area (Å²) in [7, 11) is 1.77. The van der Waals surface area contributed by atoms with Gasteiger partial charge >= 0.3 is 0 Å². The second kappa shape index (κ2) is 7.38. The Morgan fingerprint density at radius 3 is 2.55 bits per heavy atom. The van der Waals surface area contributed by atoms with Crippen LogP contribution in [0.15, 0.2) is 54.1 Å². The van der Waals surface area contributed by atoms with E-state index in [0.29, 0.717) is 6.54 Å². The summed E-state index contributed by atoms with van der Waals surface area (Å²) in [5, 5.41) is 6.42. The highest BCUT2D eigenvalue weighted by molar-refractivity contribution is 5.79. The van der Waals surface area contributed by atoms with Crippen molar-refractivity contribution in [1.29, 1.82) is 0 Å². The third kappa shape index (κ3) is 3.88. The number of benzene rings is 1. The Balaban J connectivity index is 1.85. The Kier molecular flexibility index (Phi) is 5.24. The second-order valence-corrected chi connectivity index (χ2v) is 4.64. The minimum atomic E-state index is 0.709. The maximum absolute atomic E-state index is 4.15. The number of guanidine groups is 1. The molecule has 0 radical (unpaired) electrons. The van der Waals surface area contributed by atoms with E-state index in [2.05, 4.69) is 63.5 Å². The van der Waals surface area contributed by atoms with E-state index in [0.717, 1.165) is 25.6 Å². The second-order valence-electron chi connectivity index (χ2n) is 4.64. The highest BCUT2D eigenvalue weighted by Gasteiger charge is 2.06. The van der Waals surface area contributed by atoms with Gasteiger partial charge in [0.1, 0.15) is 0 Å². The molecule has 0 saturated carbocycles. The highest BCUT2D eigenvalue weighted by atomic mass is 15.2. The maximum atomic E-state index is 4.15. The number of hydrogen-bond acceptors (Lipinski definition) is 2. The molecule has 2 N–H and O–H groups in total. The fraction of sp³-hybridized carbons (Fsp3) is 0.312. The van der Waals surface area contributed by atoms with Gasteiger partial charge in [0.15, 0.2) is 5.96 Å². The van der Waals surface area contributed by atoms with E-state index in [4.69, 9.17) is 0 Å². The lowest BCUT2D eigenvalue weighted by molar-refractivity contribution is 0.847. The van der Waals surface area contributed by atoms with Crippen LogP contribution in [0.3, 0.4) is 0 Å². The minimum absolute atomic E-state index is 0.709. The van der Waals surface area contributed by atoms with Gasteiger partial charge in [0.25, 0.3) is 0 Å². The summed E-state index contributed by atoms with van der Waals surface area (Å²) in [4.78, 5) is 6.49. The number of nitrogens with one attached hydrogen (secondary N) is 2. The van der Waals surface area contributed by atoms with Crippen LogP contribution in [0, 0.1) is 0 Å². The van der Waals surface area contributed by atoms with Crippen molar-refractivity contribution in [1.82, 2.24) is 10.6 Å². The van der Waals surface area contributed by atoms with E-state index in [1.807, 2.05) is 6.08 Å². The molecule has 0 aromatic heterocycles. The molecule has 1 aliphatic rings. The molecule has 1 aromatic carbocycles. The summed E-state index contributed by atoms with van der Waals surface area (Å²) < 4.78 is 0. The molecule has 0 aliphatic carbocycles. The van der Waals surface area contributed by atoms with Gasteiger partial charge in [-0.3, -0.25) is 4.99 Å². The molecule has 4 nitrogen and oxygen atoms in total. The van der Waals surface area contributed by atoms with Crippen molar-refractivity contribution in [2.45, 2.75) is 6.54 Å². The van der Waals surface area contributed by atoms with Crippen LogP contribution in [0.4, 0.5) is 5.69 Å². The van der Waals surface area contributed by atoms with Gasteiger partial charge in [-0.25, -0.2) is 0 Å². The largest absolute Gasteiger partial charge is 0.364 e. The minimum Gasteiger partial charge on any atom is -0.364 e. The summed E-state index contributed by atoms with van der Waals surface area (Å²) in [6.45, 7) is 7.17. The Hall–Kier alpha value is -2.23. The van der Waals surface area contributed by atoms with Crippen molar-refractivity contribution in [3.8, 4) is 0 Å². The van der Waals surface area contributed by atoms with Gasteiger partial charge in [0.05, 0.1) is 0 Å². The third-order valence-corrected chi connectivity index (χ3v) is 3.22. The van der Waals surface area contributed by atoms with Crippen LogP contribution in [0.2, 0.25) is 0 Å². The molecular formula is C16H22N4. The average molecular weight is 270 g/mol. The molecule has 2 rings (SSSR count). The van der Waals surface area contributed by atoms with E-state index in [-0.39, 0.29) is 0 Å². The van der Waals surface area contributed by atoms with E-state index < -0.39 is 0 Å². The quantitative estimate of drug-likeness (QED) is 0.488. The summed E-state index contributed by atoms with van der Waals surface area (Å²) in [6, 6.07) is 8.65. The molecule has 0 bridgehead atoms. The summed E-state index contributed by atoms with van der Waals surface area (Å²) >= 11 is 0. The van der Waals surface area contributed by atoms with E-state index in [9.17, 15) is 0 Å². The lowest BCUT2D eigenvalue weighted by atomic mass is 10.2. The van der Waals surface area contributed by atoms with Gasteiger partial charge in [-0.05, 0) is 17.7 Å². The third-order valence-electron chi connectivity index (χ3n) is 3.22. The fourth-order valence-corrected chi connectivity index (χ4v) is 2.09. The molecule has 106 valence electrons. The highest BCUT2D eigenvalue weighted by Crippen LogP contribution is 2.17. The fourth-order valence-electron chi connectivity index (χ4n) is 2.09. The van der Waals surface area contributed by atoms with Gasteiger partial charge < -0.3 is 15.5 Å². The van der Waals surface area contributed by atoms with E-state index in [1.165, 1.54) is 11.3 Å². The van der Waals surface area contributed by atoms with Crippen molar-refractivity contribution in [2.24, 2.45) is 4.99 Å². The van der Waals surface area contributed by atoms with Crippen LogP contribution < -0.4 is 15.5 Å². The Labute approximate surface area is 120 Å². The number of nitrogens with zero attached hydrogens (tertiary/aromatic N) is 2. The normalized spacial score (nSPS) is 14.4. The van der Waals surface area contributed by atoms with Gasteiger partial charge in [-0.15, -0.1) is 6.58 Å². The average Bonchev–Trinajstić information content (AvgIpc) is 3.02. The van der Waals surface area contributed by atoms with Crippen LogP contribution in [-0.4, -0.2) is 32.6 Å². The van der Waals surface area contributed by atoms with Gasteiger partial charge in [0, 0.05) is 38.9 Å². The van der Waals surface area contributed by atoms with Crippen molar-refractivity contribution < 1.29 is 0 Å². The van der Waals surface area contributed by atoms with Crippen LogP contribution >= 0.6 is 0 Å². The van der Waals surface area contributed by atoms with Crippen LogP contribution in [0.5, 0.6) is 0 Å². The molecular weight excluding hydrogens is 248 g/mol. The number of anilines is 1. The first-order valence-electron chi connectivity index (χ1n) is 6.88. The van der Waals surface area contributed by atoms with Crippen molar-refractivity contribution in [3.05, 3.63) is 54.6 Å². The number of hydrogen-bond donors (Lipinski definition) is 2. The van der Waals surface area contributed by atoms with Crippen LogP contribution in [0.1, 0.15) is 5.56 Å². The topological polar surface area (TPSA) is 39.7 Å². The van der Waals surface area contributed by atoms with Crippen molar-refractivity contribution >= 4 is 11.6 Å². The Morgan fingerprint density at radius 2 is 1.95 bits per heavy atom. The number of aliphatic imine (C=N–C) groups is 1. The Morgan fingerprint density at radius 1 is 1.25 bits per heavy atom. The molecule has 0 fully saturated rings. The molecule has 0 saturated heterocycles. The van der Waals surface area contributed by atoms with E-state index >= 15 is 0 Å².